The van der Waals surface area contributed by atoms with Crippen LogP contribution in [0, 0.1) is 0 Å². The maximum Gasteiger partial charge on any atom is 0.236 e. The van der Waals surface area contributed by atoms with Gasteiger partial charge in [-0.05, 0) is 13.3 Å². The van der Waals surface area contributed by atoms with Crippen molar-refractivity contribution in [2.24, 2.45) is 0 Å². The molecule has 5 heteroatoms. The highest BCUT2D eigenvalue weighted by Gasteiger charge is 2.32. The zero-order chi connectivity index (χ0) is 13.6. The maximum atomic E-state index is 11.9. The van der Waals surface area contributed by atoms with Crippen LogP contribution in [0.5, 0.6) is 0 Å². The highest BCUT2D eigenvalue weighted by atomic mass is 16.5. The van der Waals surface area contributed by atoms with Crippen molar-refractivity contribution in [3.63, 3.8) is 0 Å². The first-order chi connectivity index (χ1) is 8.47. The zero-order valence-electron chi connectivity index (χ0n) is 11.7. The predicted molar refractivity (Wildman–Crippen MR) is 70.4 cm³/mol. The standard InChI is InChI=1S/C13H26N2O3/c1-4-11(2)14-9-12(16)15(3)10-13(17)5-7-18-8-6-13/h11,14,17H,4-10H2,1-3H3. The van der Waals surface area contributed by atoms with Gasteiger partial charge in [-0.2, -0.15) is 0 Å². The molecular formula is C13H26N2O3. The van der Waals surface area contributed by atoms with Crippen LogP contribution in [0.15, 0.2) is 0 Å². The van der Waals surface area contributed by atoms with Gasteiger partial charge in [-0.3, -0.25) is 4.79 Å². The van der Waals surface area contributed by atoms with Crippen LogP contribution in [0.2, 0.25) is 0 Å². The number of nitrogens with zero attached hydrogens (tertiary/aromatic N) is 1. The lowest BCUT2D eigenvalue weighted by molar-refractivity contribution is -0.135. The topological polar surface area (TPSA) is 61.8 Å². The molecule has 1 fully saturated rings. The third-order valence-corrected chi connectivity index (χ3v) is 3.59. The minimum Gasteiger partial charge on any atom is -0.388 e. The molecule has 1 amide bonds. The van der Waals surface area contributed by atoms with Crippen LogP contribution in [0.4, 0.5) is 0 Å². The van der Waals surface area contributed by atoms with Crippen LogP contribution >= 0.6 is 0 Å². The summed E-state index contributed by atoms with van der Waals surface area (Å²) in [5.41, 5.74) is -0.779. The van der Waals surface area contributed by atoms with Gasteiger partial charge in [-0.25, -0.2) is 0 Å². The summed E-state index contributed by atoms with van der Waals surface area (Å²) in [4.78, 5) is 13.5. The second kappa shape index (κ2) is 7.07. The fraction of sp³-hybridized carbons (Fsp3) is 0.923. The third-order valence-electron chi connectivity index (χ3n) is 3.59. The second-order valence-corrected chi connectivity index (χ2v) is 5.28. The van der Waals surface area contributed by atoms with E-state index in [4.69, 9.17) is 4.74 Å². The molecule has 5 nitrogen and oxygen atoms in total. The summed E-state index contributed by atoms with van der Waals surface area (Å²) in [5.74, 6) is 0.0233. The van der Waals surface area contributed by atoms with Gasteiger partial charge in [0.1, 0.15) is 0 Å². The molecule has 1 atom stereocenters. The summed E-state index contributed by atoms with van der Waals surface area (Å²) >= 11 is 0. The van der Waals surface area contributed by atoms with Crippen LogP contribution in [0.1, 0.15) is 33.1 Å². The van der Waals surface area contributed by atoms with Crippen molar-refractivity contribution in [2.75, 3.05) is 33.4 Å². The number of likely N-dealkylation sites (N-methyl/N-ethyl adjacent to an activating group) is 1. The summed E-state index contributed by atoms with van der Waals surface area (Å²) in [6, 6.07) is 0.341. The van der Waals surface area contributed by atoms with Crippen molar-refractivity contribution in [3.05, 3.63) is 0 Å². The van der Waals surface area contributed by atoms with Crippen molar-refractivity contribution in [3.8, 4) is 0 Å². The van der Waals surface area contributed by atoms with Gasteiger partial charge in [0, 0.05) is 45.7 Å². The van der Waals surface area contributed by atoms with E-state index in [-0.39, 0.29) is 5.91 Å². The molecule has 0 radical (unpaired) electrons. The minimum atomic E-state index is -0.779. The van der Waals surface area contributed by atoms with Gasteiger partial charge in [0.25, 0.3) is 0 Å². The zero-order valence-corrected chi connectivity index (χ0v) is 11.7. The lowest BCUT2D eigenvalue weighted by Gasteiger charge is -2.35. The van der Waals surface area contributed by atoms with Crippen LogP contribution in [0.25, 0.3) is 0 Å². The van der Waals surface area contributed by atoms with E-state index in [0.717, 1.165) is 6.42 Å². The van der Waals surface area contributed by atoms with Gasteiger partial charge in [-0.1, -0.05) is 6.92 Å². The summed E-state index contributed by atoms with van der Waals surface area (Å²) in [6.07, 6.45) is 2.20. The number of amides is 1. The average molecular weight is 258 g/mol. The lowest BCUT2D eigenvalue weighted by atomic mass is 9.94. The number of ether oxygens (including phenoxy) is 1. The van der Waals surface area contributed by atoms with Crippen LogP contribution in [0.3, 0.4) is 0 Å². The molecule has 0 aromatic rings. The highest BCUT2D eigenvalue weighted by Crippen LogP contribution is 2.21. The Morgan fingerprint density at radius 2 is 2.11 bits per heavy atom. The number of hydrogen-bond acceptors (Lipinski definition) is 4. The Morgan fingerprint density at radius 3 is 2.67 bits per heavy atom. The molecule has 1 aliphatic heterocycles. The molecule has 2 N–H and O–H groups in total. The largest absolute Gasteiger partial charge is 0.388 e. The Bertz CT molecular complexity index is 265. The van der Waals surface area contributed by atoms with E-state index in [1.54, 1.807) is 11.9 Å². The lowest BCUT2D eigenvalue weighted by Crippen LogP contribution is -2.49. The van der Waals surface area contributed by atoms with Crippen molar-refractivity contribution < 1.29 is 14.6 Å². The van der Waals surface area contributed by atoms with Crippen LogP contribution in [-0.4, -0.2) is 60.9 Å². The molecule has 1 aliphatic rings. The molecule has 0 saturated carbocycles. The van der Waals surface area contributed by atoms with Gasteiger partial charge < -0.3 is 20.1 Å². The molecule has 1 heterocycles. The first-order valence-electron chi connectivity index (χ1n) is 6.74. The van der Waals surface area contributed by atoms with Crippen molar-refractivity contribution in [2.45, 2.75) is 44.8 Å². The maximum absolute atomic E-state index is 11.9. The Labute approximate surface area is 109 Å². The Hall–Kier alpha value is -0.650. The van der Waals surface area contributed by atoms with Crippen LogP contribution in [-0.2, 0) is 9.53 Å². The number of nitrogens with one attached hydrogen (secondary N) is 1. The molecule has 106 valence electrons. The summed E-state index contributed by atoms with van der Waals surface area (Å²) in [5, 5.41) is 13.5. The molecule has 1 rings (SSSR count). The van der Waals surface area contributed by atoms with Crippen molar-refractivity contribution in [1.29, 1.82) is 0 Å². The Kier molecular flexibility index (Phi) is 6.05. The van der Waals surface area contributed by atoms with E-state index >= 15 is 0 Å². The highest BCUT2D eigenvalue weighted by molar-refractivity contribution is 5.78. The van der Waals surface area contributed by atoms with Gasteiger partial charge in [0.05, 0.1) is 12.1 Å². The van der Waals surface area contributed by atoms with Gasteiger partial charge >= 0.3 is 0 Å². The summed E-state index contributed by atoms with van der Waals surface area (Å²) in [6.45, 7) is 6.00. The Balaban J connectivity index is 2.34. The molecule has 0 bridgehead atoms. The average Bonchev–Trinajstić information content (AvgIpc) is 2.35. The van der Waals surface area contributed by atoms with Crippen molar-refractivity contribution >= 4 is 5.91 Å². The van der Waals surface area contributed by atoms with Crippen LogP contribution < -0.4 is 5.32 Å². The molecule has 0 aromatic heterocycles. The van der Waals surface area contributed by atoms with Gasteiger partial charge in [-0.15, -0.1) is 0 Å². The SMILES string of the molecule is CCC(C)NCC(=O)N(C)CC1(O)CCOCC1. The monoisotopic (exact) mass is 258 g/mol. The van der Waals surface area contributed by atoms with E-state index < -0.39 is 5.60 Å². The summed E-state index contributed by atoms with van der Waals surface area (Å²) < 4.78 is 5.22. The van der Waals surface area contributed by atoms with E-state index in [1.807, 2.05) is 0 Å². The van der Waals surface area contributed by atoms with E-state index in [9.17, 15) is 9.90 Å². The number of carbonyl (C=O) groups is 1. The fourth-order valence-electron chi connectivity index (χ4n) is 1.98. The second-order valence-electron chi connectivity index (χ2n) is 5.28. The molecule has 1 unspecified atom stereocenters. The number of aliphatic hydroxyl groups is 1. The van der Waals surface area contributed by atoms with Gasteiger partial charge in [0.2, 0.25) is 5.91 Å². The summed E-state index contributed by atoms with van der Waals surface area (Å²) in [7, 11) is 1.74. The normalized spacial score (nSPS) is 20.4. The number of rotatable bonds is 6. The number of hydrogen-bond donors (Lipinski definition) is 2. The third kappa shape index (κ3) is 4.92. The molecule has 0 aromatic carbocycles. The van der Waals surface area contributed by atoms with Crippen molar-refractivity contribution in [1.82, 2.24) is 10.2 Å². The first-order valence-corrected chi connectivity index (χ1v) is 6.74. The minimum absolute atomic E-state index is 0.0233. The molecule has 18 heavy (non-hydrogen) atoms. The molecule has 0 spiro atoms. The quantitative estimate of drug-likeness (QED) is 0.723. The molecule has 0 aliphatic carbocycles. The Morgan fingerprint density at radius 1 is 1.50 bits per heavy atom. The molecule has 1 saturated heterocycles. The first kappa shape index (κ1) is 15.4. The number of carbonyl (C=O) groups excluding carboxylic acids is 1. The van der Waals surface area contributed by atoms with E-state index in [2.05, 4.69) is 19.2 Å². The van der Waals surface area contributed by atoms with Gasteiger partial charge in [0.15, 0.2) is 0 Å². The molecular weight excluding hydrogens is 232 g/mol. The van der Waals surface area contributed by atoms with E-state index in [1.165, 1.54) is 0 Å². The van der Waals surface area contributed by atoms with E-state index in [0.29, 0.717) is 45.2 Å². The fourth-order valence-corrected chi connectivity index (χ4v) is 1.98. The smallest absolute Gasteiger partial charge is 0.236 e. The predicted octanol–water partition coefficient (Wildman–Crippen LogP) is 0.374.